The van der Waals surface area contributed by atoms with Crippen LogP contribution in [-0.2, 0) is 16.6 Å². The van der Waals surface area contributed by atoms with E-state index in [4.69, 9.17) is 4.74 Å². The van der Waals surface area contributed by atoms with E-state index in [1.54, 1.807) is 6.07 Å². The Bertz CT molecular complexity index is 869. The Labute approximate surface area is 152 Å². The van der Waals surface area contributed by atoms with Gasteiger partial charge in [-0.2, -0.15) is 5.10 Å². The number of rotatable bonds is 6. The topological polar surface area (TPSA) is 87.3 Å². The molecule has 0 saturated carbocycles. The zero-order valence-electron chi connectivity index (χ0n) is 14.8. The van der Waals surface area contributed by atoms with Crippen LogP contribution in [0.25, 0.3) is 0 Å². The Morgan fingerprint density at radius 1 is 1.46 bits per heavy atom. The van der Waals surface area contributed by atoms with Crippen molar-refractivity contribution in [1.29, 1.82) is 0 Å². The molecule has 142 valence electrons. The van der Waals surface area contributed by atoms with Crippen LogP contribution in [0.5, 0.6) is 5.75 Å². The molecule has 1 aromatic carbocycles. The Hall–Kier alpha value is -2.13. The lowest BCUT2D eigenvalue weighted by Crippen LogP contribution is -2.34. The molecule has 2 N–H and O–H groups in total. The minimum atomic E-state index is -3.36. The van der Waals surface area contributed by atoms with Gasteiger partial charge < -0.3 is 4.74 Å². The fourth-order valence-corrected chi connectivity index (χ4v) is 3.95. The number of hydrogen-bond donors (Lipinski definition) is 2. The van der Waals surface area contributed by atoms with Crippen LogP contribution < -0.4 is 9.46 Å². The van der Waals surface area contributed by atoms with Gasteiger partial charge in [-0.05, 0) is 37.1 Å². The predicted octanol–water partition coefficient (Wildman–Crippen LogP) is 2.31. The van der Waals surface area contributed by atoms with Crippen LogP contribution in [0, 0.1) is 5.82 Å². The first-order chi connectivity index (χ1) is 12.4. The maximum atomic E-state index is 13.9. The van der Waals surface area contributed by atoms with Crippen LogP contribution in [0.2, 0.25) is 0 Å². The number of piperidine rings is 1. The number of halogens is 1. The van der Waals surface area contributed by atoms with Crippen molar-refractivity contribution in [1.82, 2.24) is 15.1 Å². The second kappa shape index (κ2) is 7.63. The number of sulfonamides is 1. The summed E-state index contributed by atoms with van der Waals surface area (Å²) in [5.41, 5.74) is 2.17. The molecule has 0 amide bonds. The summed E-state index contributed by atoms with van der Waals surface area (Å²) >= 11 is 0. The molecule has 0 unspecified atom stereocenters. The number of methoxy groups -OCH3 is 1. The predicted molar refractivity (Wildman–Crippen MR) is 97.3 cm³/mol. The second-order valence-corrected chi connectivity index (χ2v) is 8.36. The Morgan fingerprint density at radius 2 is 2.27 bits per heavy atom. The van der Waals surface area contributed by atoms with Crippen molar-refractivity contribution >= 4 is 15.7 Å². The third-order valence-electron chi connectivity index (χ3n) is 4.50. The highest BCUT2D eigenvalue weighted by atomic mass is 32.2. The molecule has 26 heavy (non-hydrogen) atoms. The van der Waals surface area contributed by atoms with Crippen molar-refractivity contribution in [2.45, 2.75) is 25.3 Å². The monoisotopic (exact) mass is 382 g/mol. The largest absolute Gasteiger partial charge is 0.494 e. The van der Waals surface area contributed by atoms with Crippen LogP contribution in [0.4, 0.5) is 10.1 Å². The molecule has 0 aliphatic carbocycles. The number of hydrogen-bond acceptors (Lipinski definition) is 5. The molecule has 0 spiro atoms. The van der Waals surface area contributed by atoms with Crippen molar-refractivity contribution in [2.75, 3.05) is 31.2 Å². The zero-order valence-corrected chi connectivity index (χ0v) is 15.6. The third-order valence-corrected chi connectivity index (χ3v) is 5.09. The van der Waals surface area contributed by atoms with Crippen LogP contribution >= 0.6 is 0 Å². The number of aromatic nitrogens is 2. The van der Waals surface area contributed by atoms with Crippen LogP contribution in [0.15, 0.2) is 24.4 Å². The molecule has 2 heterocycles. The van der Waals surface area contributed by atoms with E-state index in [0.29, 0.717) is 12.2 Å². The van der Waals surface area contributed by atoms with Gasteiger partial charge in [0.1, 0.15) is 0 Å². The van der Waals surface area contributed by atoms with Crippen molar-refractivity contribution in [3.63, 3.8) is 0 Å². The van der Waals surface area contributed by atoms with E-state index in [0.717, 1.165) is 43.4 Å². The van der Waals surface area contributed by atoms with E-state index in [-0.39, 0.29) is 17.5 Å². The number of nitrogens with one attached hydrogen (secondary N) is 2. The highest BCUT2D eigenvalue weighted by Crippen LogP contribution is 2.31. The first-order valence-electron chi connectivity index (χ1n) is 8.41. The summed E-state index contributed by atoms with van der Waals surface area (Å²) in [5, 5.41) is 6.91. The molecule has 3 rings (SSSR count). The van der Waals surface area contributed by atoms with E-state index in [2.05, 4.69) is 19.8 Å². The summed E-state index contributed by atoms with van der Waals surface area (Å²) in [4.78, 5) is 2.24. The lowest BCUT2D eigenvalue weighted by molar-refractivity contribution is 0.198. The molecule has 0 radical (unpaired) electrons. The van der Waals surface area contributed by atoms with Gasteiger partial charge in [0.25, 0.3) is 0 Å². The quantitative estimate of drug-likeness (QED) is 0.801. The van der Waals surface area contributed by atoms with Crippen molar-refractivity contribution < 1.29 is 17.5 Å². The van der Waals surface area contributed by atoms with Crippen LogP contribution in [0.3, 0.4) is 0 Å². The molecule has 0 bridgehead atoms. The lowest BCUT2D eigenvalue weighted by atomic mass is 9.94. The molecular formula is C17H23FN4O3S. The summed E-state index contributed by atoms with van der Waals surface area (Å²) in [7, 11) is -1.91. The number of ether oxygens (including phenoxy) is 1. The Kier molecular flexibility index (Phi) is 5.47. The van der Waals surface area contributed by atoms with E-state index in [1.165, 1.54) is 19.4 Å². The standard InChI is InChI=1S/C17H23FN4O3S/c1-25-16-6-5-12(8-14(16)18)10-22-7-3-4-13(11-22)17-15(9-19-20-17)21-26(2,23)24/h5-6,8-9,13,21H,3-4,7,10-11H2,1-2H3,(H,19,20)/t13-/m1/s1. The van der Waals surface area contributed by atoms with Gasteiger partial charge in [0.05, 0.1) is 30.9 Å². The van der Waals surface area contributed by atoms with Gasteiger partial charge in [0.15, 0.2) is 11.6 Å². The first kappa shape index (κ1) is 18.7. The number of likely N-dealkylation sites (tertiary alicyclic amines) is 1. The van der Waals surface area contributed by atoms with Crippen LogP contribution in [0.1, 0.15) is 30.0 Å². The lowest BCUT2D eigenvalue weighted by Gasteiger charge is -2.32. The van der Waals surface area contributed by atoms with E-state index < -0.39 is 10.0 Å². The number of nitrogens with zero attached hydrogens (tertiary/aromatic N) is 2. The van der Waals surface area contributed by atoms with E-state index >= 15 is 0 Å². The minimum absolute atomic E-state index is 0.138. The maximum absolute atomic E-state index is 13.9. The van der Waals surface area contributed by atoms with Crippen LogP contribution in [-0.4, -0.2) is 50.0 Å². The third kappa shape index (κ3) is 4.53. The number of anilines is 1. The highest BCUT2D eigenvalue weighted by Gasteiger charge is 2.25. The number of H-pyrrole nitrogens is 1. The summed E-state index contributed by atoms with van der Waals surface area (Å²) in [6, 6.07) is 4.99. The Morgan fingerprint density at radius 3 is 2.96 bits per heavy atom. The minimum Gasteiger partial charge on any atom is -0.494 e. The summed E-state index contributed by atoms with van der Waals surface area (Å²) in [6.07, 6.45) is 4.53. The highest BCUT2D eigenvalue weighted by molar-refractivity contribution is 7.92. The SMILES string of the molecule is COc1ccc(CN2CCC[C@@H](c3[nH]ncc3NS(C)(=O)=O)C2)cc1F. The molecule has 1 atom stereocenters. The van der Waals surface area contributed by atoms with Gasteiger partial charge in [-0.15, -0.1) is 0 Å². The van der Waals surface area contributed by atoms with Crippen molar-refractivity contribution in [2.24, 2.45) is 0 Å². The van der Waals surface area contributed by atoms with Gasteiger partial charge in [0.2, 0.25) is 10.0 Å². The number of aromatic amines is 1. The van der Waals surface area contributed by atoms with Crippen molar-refractivity contribution in [3.05, 3.63) is 41.5 Å². The molecule has 1 saturated heterocycles. The average molecular weight is 382 g/mol. The molecular weight excluding hydrogens is 359 g/mol. The average Bonchev–Trinajstić information content (AvgIpc) is 3.01. The van der Waals surface area contributed by atoms with Gasteiger partial charge in [-0.25, -0.2) is 12.8 Å². The summed E-state index contributed by atoms with van der Waals surface area (Å²) < 4.78 is 44.4. The fraction of sp³-hybridized carbons (Fsp3) is 0.471. The smallest absolute Gasteiger partial charge is 0.229 e. The van der Waals surface area contributed by atoms with E-state index in [9.17, 15) is 12.8 Å². The molecule has 1 aliphatic heterocycles. The summed E-state index contributed by atoms with van der Waals surface area (Å²) in [5.74, 6) is 0.00424. The molecule has 7 nitrogen and oxygen atoms in total. The molecule has 1 fully saturated rings. The normalized spacial score (nSPS) is 18.7. The van der Waals surface area contributed by atoms with Gasteiger partial charge in [-0.1, -0.05) is 6.07 Å². The molecule has 1 aromatic heterocycles. The fourth-order valence-electron chi connectivity index (χ4n) is 3.39. The first-order valence-corrected chi connectivity index (χ1v) is 10.3. The maximum Gasteiger partial charge on any atom is 0.229 e. The van der Waals surface area contributed by atoms with Gasteiger partial charge in [0, 0.05) is 19.0 Å². The number of benzene rings is 1. The summed E-state index contributed by atoms with van der Waals surface area (Å²) in [6.45, 7) is 2.28. The molecule has 9 heteroatoms. The second-order valence-electron chi connectivity index (χ2n) is 6.61. The van der Waals surface area contributed by atoms with E-state index in [1.807, 2.05) is 6.07 Å². The van der Waals surface area contributed by atoms with Gasteiger partial charge in [-0.3, -0.25) is 14.7 Å². The molecule has 2 aromatic rings. The van der Waals surface area contributed by atoms with Crippen molar-refractivity contribution in [3.8, 4) is 5.75 Å². The van der Waals surface area contributed by atoms with Gasteiger partial charge >= 0.3 is 0 Å². The zero-order chi connectivity index (χ0) is 18.7. The Balaban J connectivity index is 1.70. The molecule has 1 aliphatic rings.